The van der Waals surface area contributed by atoms with Crippen LogP contribution in [0.2, 0.25) is 5.02 Å². The van der Waals surface area contributed by atoms with Gasteiger partial charge in [-0.2, -0.15) is 0 Å². The largest absolute Gasteiger partial charge is 0.497 e. The first-order valence-electron chi connectivity index (χ1n) is 10.9. The van der Waals surface area contributed by atoms with Gasteiger partial charge in [-0.1, -0.05) is 54.6 Å². The number of amides is 1. The number of fused-ring (bicyclic) bond motifs is 1. The molecule has 6 nitrogen and oxygen atoms in total. The fraction of sp³-hybridized carbons (Fsp3) is 0.320. The van der Waals surface area contributed by atoms with E-state index in [9.17, 15) is 4.79 Å². The molecule has 0 saturated heterocycles. The maximum absolute atomic E-state index is 13.0. The van der Waals surface area contributed by atoms with Crippen LogP contribution in [0.5, 0.6) is 5.75 Å². The van der Waals surface area contributed by atoms with Crippen LogP contribution in [-0.4, -0.2) is 28.7 Å². The zero-order valence-electron chi connectivity index (χ0n) is 19.0. The van der Waals surface area contributed by atoms with Gasteiger partial charge in [0.2, 0.25) is 5.91 Å². The van der Waals surface area contributed by atoms with Crippen molar-refractivity contribution in [3.05, 3.63) is 69.7 Å². The lowest BCUT2D eigenvalue weighted by atomic mass is 10.1. The number of hydrogen-bond donors (Lipinski definition) is 1. The normalized spacial score (nSPS) is 12.7. The summed E-state index contributed by atoms with van der Waals surface area (Å²) in [4.78, 5) is 24.2. The van der Waals surface area contributed by atoms with Crippen molar-refractivity contribution in [3.8, 4) is 5.75 Å². The van der Waals surface area contributed by atoms with E-state index in [1.165, 1.54) is 0 Å². The van der Waals surface area contributed by atoms with E-state index in [1.54, 1.807) is 23.8 Å². The number of aromatic nitrogens is 2. The predicted octanol–water partition coefficient (Wildman–Crippen LogP) is 5.65. The fourth-order valence-electron chi connectivity index (χ4n) is 3.62. The van der Waals surface area contributed by atoms with Gasteiger partial charge in [-0.25, -0.2) is 9.97 Å². The molecule has 4 rings (SSSR count). The third kappa shape index (κ3) is 5.42. The number of nitrogens with zero attached hydrogens (tertiary/aromatic N) is 3. The number of aryl methyl sites for hydroxylation is 1. The first-order valence-corrected chi connectivity index (χ1v) is 12.3. The third-order valence-corrected chi connectivity index (χ3v) is 6.94. The van der Waals surface area contributed by atoms with Gasteiger partial charge in [0.15, 0.2) is 5.16 Å². The number of benzene rings is 2. The van der Waals surface area contributed by atoms with E-state index >= 15 is 0 Å². The predicted molar refractivity (Wildman–Crippen MR) is 134 cm³/mol. The molecule has 0 bridgehead atoms. The summed E-state index contributed by atoms with van der Waals surface area (Å²) in [7, 11) is 1.65. The average Bonchev–Trinajstić information content (AvgIpc) is 3.14. The highest BCUT2D eigenvalue weighted by Crippen LogP contribution is 2.35. The minimum absolute atomic E-state index is 0.0149. The van der Waals surface area contributed by atoms with Gasteiger partial charge in [0.25, 0.3) is 0 Å². The maximum atomic E-state index is 13.0. The first kappa shape index (κ1) is 23.4. The van der Waals surface area contributed by atoms with Crippen molar-refractivity contribution in [2.75, 3.05) is 23.1 Å². The summed E-state index contributed by atoms with van der Waals surface area (Å²) in [6.07, 6.45) is 1.29. The number of thioether (sulfide) groups is 1. The number of hydrogen-bond acceptors (Lipinski definition) is 6. The molecule has 1 amide bonds. The van der Waals surface area contributed by atoms with Gasteiger partial charge in [0.1, 0.15) is 17.4 Å². The van der Waals surface area contributed by atoms with Crippen LogP contribution >= 0.6 is 23.4 Å². The summed E-state index contributed by atoms with van der Waals surface area (Å²) in [6.45, 7) is 5.11. The first-order chi connectivity index (χ1) is 16.0. The Morgan fingerprint density at radius 3 is 2.61 bits per heavy atom. The molecule has 0 radical (unpaired) electrons. The van der Waals surface area contributed by atoms with Crippen LogP contribution in [0.3, 0.4) is 0 Å². The summed E-state index contributed by atoms with van der Waals surface area (Å²) in [5.74, 6) is 3.14. The Balaban J connectivity index is 1.62. The summed E-state index contributed by atoms with van der Waals surface area (Å²) in [6, 6.07) is 13.8. The molecule has 1 aliphatic heterocycles. The van der Waals surface area contributed by atoms with E-state index < -0.39 is 0 Å². The zero-order chi connectivity index (χ0) is 23.4. The van der Waals surface area contributed by atoms with Crippen LogP contribution in [-0.2, 0) is 24.3 Å². The SMILES string of the molecule is CCCSc1nc(NCc2ccc(OC)cc2)c2c(n1)N(Cc1ccc(C)c(Cl)c1)C(=O)C2. The number of ether oxygens (including phenoxy) is 1. The Morgan fingerprint density at radius 1 is 1.15 bits per heavy atom. The summed E-state index contributed by atoms with van der Waals surface area (Å²) in [5, 5.41) is 4.80. The third-order valence-electron chi connectivity index (χ3n) is 5.48. The molecular formula is C25H27ClN4O2S. The molecule has 0 spiro atoms. The monoisotopic (exact) mass is 482 g/mol. The van der Waals surface area contributed by atoms with Crippen LogP contribution < -0.4 is 15.0 Å². The molecule has 0 unspecified atom stereocenters. The fourth-order valence-corrected chi connectivity index (χ4v) is 4.51. The maximum Gasteiger partial charge on any atom is 0.233 e. The van der Waals surface area contributed by atoms with Crippen LogP contribution in [0.25, 0.3) is 0 Å². The van der Waals surface area contributed by atoms with Crippen molar-refractivity contribution in [2.24, 2.45) is 0 Å². The highest BCUT2D eigenvalue weighted by molar-refractivity contribution is 7.99. The van der Waals surface area contributed by atoms with Crippen molar-refractivity contribution in [3.63, 3.8) is 0 Å². The number of rotatable bonds is 9. The molecule has 172 valence electrons. The molecule has 0 atom stereocenters. The number of carbonyl (C=O) groups is 1. The van der Waals surface area contributed by atoms with Gasteiger partial charge in [0.05, 0.1) is 20.1 Å². The molecule has 2 aromatic carbocycles. The number of anilines is 2. The van der Waals surface area contributed by atoms with Crippen molar-refractivity contribution < 1.29 is 9.53 Å². The molecule has 0 saturated carbocycles. The molecular weight excluding hydrogens is 456 g/mol. The van der Waals surface area contributed by atoms with Crippen LogP contribution in [0.15, 0.2) is 47.6 Å². The summed E-state index contributed by atoms with van der Waals surface area (Å²) >= 11 is 7.92. The highest BCUT2D eigenvalue weighted by atomic mass is 35.5. The van der Waals surface area contributed by atoms with E-state index in [4.69, 9.17) is 26.3 Å². The Hall–Kier alpha value is -2.77. The van der Waals surface area contributed by atoms with E-state index in [0.29, 0.717) is 34.9 Å². The van der Waals surface area contributed by atoms with Gasteiger partial charge in [-0.05, 0) is 48.2 Å². The van der Waals surface area contributed by atoms with E-state index in [-0.39, 0.29) is 12.3 Å². The average molecular weight is 483 g/mol. The topological polar surface area (TPSA) is 67.4 Å². The van der Waals surface area contributed by atoms with E-state index in [1.807, 2.05) is 49.4 Å². The Labute approximate surface area is 203 Å². The lowest BCUT2D eigenvalue weighted by Gasteiger charge is -2.18. The molecule has 8 heteroatoms. The molecule has 1 aromatic heterocycles. The van der Waals surface area contributed by atoms with E-state index in [0.717, 1.165) is 40.2 Å². The second-order valence-corrected chi connectivity index (χ2v) is 9.42. The number of carbonyl (C=O) groups excluding carboxylic acids is 1. The van der Waals surface area contributed by atoms with Gasteiger partial charge < -0.3 is 10.1 Å². The van der Waals surface area contributed by atoms with Gasteiger partial charge in [-0.3, -0.25) is 9.69 Å². The van der Waals surface area contributed by atoms with E-state index in [2.05, 4.69) is 12.2 Å². The van der Waals surface area contributed by atoms with Gasteiger partial charge >= 0.3 is 0 Å². The minimum Gasteiger partial charge on any atom is -0.497 e. The Bertz CT molecular complexity index is 1150. The molecule has 33 heavy (non-hydrogen) atoms. The summed E-state index contributed by atoms with van der Waals surface area (Å²) < 4.78 is 5.24. The molecule has 3 aromatic rings. The lowest BCUT2D eigenvalue weighted by Crippen LogP contribution is -2.26. The van der Waals surface area contributed by atoms with Crippen LogP contribution in [0.1, 0.15) is 35.6 Å². The summed E-state index contributed by atoms with van der Waals surface area (Å²) in [5.41, 5.74) is 3.93. The Kier molecular flexibility index (Phi) is 7.40. The molecule has 1 N–H and O–H groups in total. The van der Waals surface area contributed by atoms with Gasteiger partial charge in [-0.15, -0.1) is 0 Å². The van der Waals surface area contributed by atoms with Crippen molar-refractivity contribution in [1.82, 2.24) is 9.97 Å². The quantitative estimate of drug-likeness (QED) is 0.314. The van der Waals surface area contributed by atoms with Crippen LogP contribution in [0, 0.1) is 6.92 Å². The standard InChI is InChI=1S/C25H27ClN4O2S/c1-4-11-33-25-28-23(27-14-17-7-9-19(32-3)10-8-17)20-13-22(31)30(24(20)29-25)15-18-6-5-16(2)21(26)12-18/h5-10,12H,4,11,13-15H2,1-3H3,(H,27,28,29). The zero-order valence-corrected chi connectivity index (χ0v) is 20.6. The Morgan fingerprint density at radius 2 is 1.91 bits per heavy atom. The second-order valence-electron chi connectivity index (χ2n) is 7.95. The van der Waals surface area contributed by atoms with Crippen molar-refractivity contribution in [2.45, 2.75) is 44.9 Å². The molecule has 0 fully saturated rings. The second kappa shape index (κ2) is 10.4. The smallest absolute Gasteiger partial charge is 0.233 e. The highest BCUT2D eigenvalue weighted by Gasteiger charge is 2.32. The van der Waals surface area contributed by atoms with Crippen molar-refractivity contribution >= 4 is 40.9 Å². The minimum atomic E-state index is 0.0149. The molecule has 2 heterocycles. The molecule has 1 aliphatic rings. The number of nitrogens with one attached hydrogen (secondary N) is 1. The van der Waals surface area contributed by atoms with Crippen molar-refractivity contribution in [1.29, 1.82) is 0 Å². The number of halogens is 1. The molecule has 0 aliphatic carbocycles. The lowest BCUT2D eigenvalue weighted by molar-refractivity contribution is -0.117. The van der Waals surface area contributed by atoms with Crippen LogP contribution in [0.4, 0.5) is 11.6 Å². The number of methoxy groups -OCH3 is 1. The van der Waals surface area contributed by atoms with Gasteiger partial charge in [0, 0.05) is 22.9 Å².